The molecule has 0 saturated carbocycles. The molecule has 1 fully saturated rings. The number of nitrogens with one attached hydrogen (secondary N) is 2. The first-order valence-electron chi connectivity index (χ1n) is 7.71. The number of H-pyrrole nitrogens is 2. The van der Waals surface area contributed by atoms with E-state index in [1.54, 1.807) is 24.4 Å². The van der Waals surface area contributed by atoms with Crippen molar-refractivity contribution in [1.82, 2.24) is 24.6 Å². The molecule has 3 heterocycles. The average molecular weight is 311 g/mol. The van der Waals surface area contributed by atoms with Gasteiger partial charge in [-0.25, -0.2) is 4.79 Å². The van der Waals surface area contributed by atoms with Gasteiger partial charge in [0.15, 0.2) is 0 Å². The number of nitrogens with zero attached hydrogens (tertiary/aromatic N) is 3. The Kier molecular flexibility index (Phi) is 3.25. The molecule has 0 radical (unpaired) electrons. The van der Waals surface area contributed by atoms with Gasteiger partial charge < -0.3 is 14.9 Å². The second kappa shape index (κ2) is 5.42. The molecule has 1 aliphatic rings. The number of aromatic nitrogens is 4. The summed E-state index contributed by atoms with van der Waals surface area (Å²) >= 11 is 0. The van der Waals surface area contributed by atoms with Gasteiger partial charge in [0.1, 0.15) is 0 Å². The third-order valence-corrected chi connectivity index (χ3v) is 4.35. The number of carbonyl (C=O) groups excluding carboxylic acids is 1. The van der Waals surface area contributed by atoms with Crippen LogP contribution in [0.4, 0.5) is 0 Å². The van der Waals surface area contributed by atoms with E-state index in [1.165, 1.54) is 0 Å². The monoisotopic (exact) mass is 311 g/mol. The zero-order valence-corrected chi connectivity index (χ0v) is 12.5. The number of aromatic amines is 2. The van der Waals surface area contributed by atoms with Gasteiger partial charge in [-0.15, -0.1) is 0 Å². The Hall–Kier alpha value is -2.83. The van der Waals surface area contributed by atoms with Crippen molar-refractivity contribution in [1.29, 1.82) is 0 Å². The molecule has 0 unspecified atom stereocenters. The van der Waals surface area contributed by atoms with Crippen LogP contribution in [0.2, 0.25) is 0 Å². The van der Waals surface area contributed by atoms with E-state index in [0.29, 0.717) is 23.1 Å². The number of carbonyl (C=O) groups is 1. The summed E-state index contributed by atoms with van der Waals surface area (Å²) in [5, 5.41) is 4.28. The summed E-state index contributed by atoms with van der Waals surface area (Å²) in [5.41, 5.74) is 1.69. The lowest BCUT2D eigenvalue weighted by molar-refractivity contribution is 0.0673. The minimum Gasteiger partial charge on any atom is -0.337 e. The van der Waals surface area contributed by atoms with Crippen molar-refractivity contribution in [2.24, 2.45) is 0 Å². The fourth-order valence-corrected chi connectivity index (χ4v) is 3.20. The molecule has 0 aliphatic carbocycles. The highest BCUT2D eigenvalue weighted by atomic mass is 16.2. The van der Waals surface area contributed by atoms with Gasteiger partial charge in [0.2, 0.25) is 0 Å². The van der Waals surface area contributed by atoms with Crippen molar-refractivity contribution in [2.45, 2.75) is 18.9 Å². The average Bonchev–Trinajstić information content (AvgIpc) is 3.22. The third kappa shape index (κ3) is 2.54. The van der Waals surface area contributed by atoms with Crippen molar-refractivity contribution in [2.75, 3.05) is 13.1 Å². The first-order valence-corrected chi connectivity index (χ1v) is 7.71. The van der Waals surface area contributed by atoms with E-state index in [9.17, 15) is 9.59 Å². The molecule has 23 heavy (non-hydrogen) atoms. The second-order valence-electron chi connectivity index (χ2n) is 5.87. The number of hydrogen-bond acceptors (Lipinski definition) is 3. The summed E-state index contributed by atoms with van der Waals surface area (Å²) in [4.78, 5) is 31.3. The van der Waals surface area contributed by atoms with Gasteiger partial charge in [-0.2, -0.15) is 5.10 Å². The fourth-order valence-electron chi connectivity index (χ4n) is 3.20. The molecule has 1 aliphatic heterocycles. The van der Waals surface area contributed by atoms with Crippen molar-refractivity contribution in [3.63, 3.8) is 0 Å². The van der Waals surface area contributed by atoms with Crippen molar-refractivity contribution in [3.8, 4) is 0 Å². The van der Waals surface area contributed by atoms with Crippen LogP contribution in [0, 0.1) is 0 Å². The van der Waals surface area contributed by atoms with Crippen molar-refractivity contribution >= 4 is 16.9 Å². The van der Waals surface area contributed by atoms with Crippen LogP contribution in [-0.4, -0.2) is 43.6 Å². The van der Waals surface area contributed by atoms with E-state index in [2.05, 4.69) is 15.1 Å². The molecule has 2 N–H and O–H groups in total. The fraction of sp³-hybridized carbons (Fsp3) is 0.312. The molecular formula is C16H17N5O2. The smallest absolute Gasteiger partial charge is 0.323 e. The van der Waals surface area contributed by atoms with Gasteiger partial charge in [0, 0.05) is 31.0 Å². The molecule has 0 spiro atoms. The first-order chi connectivity index (χ1) is 11.2. The molecule has 1 aromatic carbocycles. The zero-order valence-electron chi connectivity index (χ0n) is 12.5. The van der Waals surface area contributed by atoms with Crippen LogP contribution in [0.3, 0.4) is 0 Å². The lowest BCUT2D eigenvalue weighted by Crippen LogP contribution is -2.40. The topological polar surface area (TPSA) is 86.8 Å². The van der Waals surface area contributed by atoms with E-state index in [-0.39, 0.29) is 17.6 Å². The minimum absolute atomic E-state index is 0.00851. The highest BCUT2D eigenvalue weighted by Gasteiger charge is 2.25. The number of benzene rings is 1. The van der Waals surface area contributed by atoms with Crippen LogP contribution in [0.15, 0.2) is 41.5 Å². The van der Waals surface area contributed by atoms with E-state index in [0.717, 1.165) is 19.4 Å². The Morgan fingerprint density at radius 2 is 2.13 bits per heavy atom. The van der Waals surface area contributed by atoms with Gasteiger partial charge in [-0.3, -0.25) is 9.48 Å². The predicted octanol–water partition coefficient (Wildman–Crippen LogP) is 1.53. The van der Waals surface area contributed by atoms with E-state index in [4.69, 9.17) is 0 Å². The molecule has 2 aromatic heterocycles. The largest absolute Gasteiger partial charge is 0.337 e. The summed E-state index contributed by atoms with van der Waals surface area (Å²) in [5.74, 6) is -0.00851. The van der Waals surface area contributed by atoms with Gasteiger partial charge in [0.25, 0.3) is 5.91 Å². The van der Waals surface area contributed by atoms with Gasteiger partial charge in [-0.1, -0.05) is 0 Å². The summed E-state index contributed by atoms with van der Waals surface area (Å²) in [7, 11) is 0. The zero-order chi connectivity index (χ0) is 15.8. The number of likely N-dealkylation sites (tertiary alicyclic amines) is 1. The second-order valence-corrected chi connectivity index (χ2v) is 5.87. The van der Waals surface area contributed by atoms with Crippen molar-refractivity contribution in [3.05, 3.63) is 52.7 Å². The Bertz CT molecular complexity index is 893. The van der Waals surface area contributed by atoms with Crippen LogP contribution in [0.5, 0.6) is 0 Å². The van der Waals surface area contributed by atoms with Gasteiger partial charge in [-0.05, 0) is 37.1 Å². The van der Waals surface area contributed by atoms with Crippen molar-refractivity contribution < 1.29 is 4.79 Å². The Morgan fingerprint density at radius 1 is 1.26 bits per heavy atom. The van der Waals surface area contributed by atoms with E-state index < -0.39 is 0 Å². The molecule has 0 bridgehead atoms. The number of piperidine rings is 1. The maximum absolute atomic E-state index is 12.8. The highest BCUT2D eigenvalue weighted by molar-refractivity contribution is 5.97. The quantitative estimate of drug-likeness (QED) is 0.752. The normalized spacial score (nSPS) is 18.4. The number of amides is 1. The van der Waals surface area contributed by atoms with E-state index in [1.807, 2.05) is 21.8 Å². The van der Waals surface area contributed by atoms with Gasteiger partial charge in [0.05, 0.1) is 17.1 Å². The Labute approximate surface area is 131 Å². The Balaban J connectivity index is 1.58. The third-order valence-electron chi connectivity index (χ3n) is 4.35. The molecule has 118 valence electrons. The number of imidazole rings is 1. The minimum atomic E-state index is -0.263. The molecule has 1 saturated heterocycles. The molecular weight excluding hydrogens is 294 g/mol. The predicted molar refractivity (Wildman–Crippen MR) is 85.3 cm³/mol. The summed E-state index contributed by atoms with van der Waals surface area (Å²) in [6, 6.07) is 7.37. The highest BCUT2D eigenvalue weighted by Crippen LogP contribution is 2.22. The first kappa shape index (κ1) is 13.8. The maximum atomic E-state index is 12.8. The lowest BCUT2D eigenvalue weighted by Gasteiger charge is -2.33. The van der Waals surface area contributed by atoms with E-state index >= 15 is 0 Å². The maximum Gasteiger partial charge on any atom is 0.323 e. The van der Waals surface area contributed by atoms with Crippen LogP contribution >= 0.6 is 0 Å². The standard InChI is InChI=1S/C16H17N5O2/c22-15(11-4-5-13-14(9-11)19-16(23)18-13)20-7-1-3-12(10-20)21-8-2-6-17-21/h2,4-6,8-9,12H,1,3,7,10H2,(H2,18,19,23)/t12-/m0/s1. The molecule has 1 atom stereocenters. The SMILES string of the molecule is O=C(c1ccc2[nH]c(=O)[nH]c2c1)N1CCC[C@H](n2cccn2)C1. The number of fused-ring (bicyclic) bond motifs is 1. The molecule has 7 nitrogen and oxygen atoms in total. The number of rotatable bonds is 2. The Morgan fingerprint density at radius 3 is 2.96 bits per heavy atom. The molecule has 3 aromatic rings. The molecule has 4 rings (SSSR count). The lowest BCUT2D eigenvalue weighted by atomic mass is 10.0. The molecule has 7 heteroatoms. The van der Waals surface area contributed by atoms with Gasteiger partial charge >= 0.3 is 5.69 Å². The van der Waals surface area contributed by atoms with Crippen LogP contribution < -0.4 is 5.69 Å². The summed E-state index contributed by atoms with van der Waals surface area (Å²) in [6.07, 6.45) is 5.68. The van der Waals surface area contributed by atoms with Crippen LogP contribution in [-0.2, 0) is 0 Å². The van der Waals surface area contributed by atoms with Crippen LogP contribution in [0.1, 0.15) is 29.2 Å². The number of hydrogen-bond donors (Lipinski definition) is 2. The summed E-state index contributed by atoms with van der Waals surface area (Å²) in [6.45, 7) is 1.40. The van der Waals surface area contributed by atoms with Crippen LogP contribution in [0.25, 0.3) is 11.0 Å². The molecule has 1 amide bonds. The summed E-state index contributed by atoms with van der Waals surface area (Å²) < 4.78 is 1.92.